The van der Waals surface area contributed by atoms with Crippen LogP contribution < -0.4 is 15.0 Å². The largest absolute Gasteiger partial charge is 0.493 e. The zero-order valence-corrected chi connectivity index (χ0v) is 17.8. The number of H-pyrrole nitrogens is 1. The Labute approximate surface area is 185 Å². The van der Waals surface area contributed by atoms with Gasteiger partial charge >= 0.3 is 0 Å². The smallest absolute Gasteiger partial charge is 0.259 e. The van der Waals surface area contributed by atoms with Gasteiger partial charge in [0.25, 0.3) is 5.56 Å². The highest BCUT2D eigenvalue weighted by Gasteiger charge is 2.10. The van der Waals surface area contributed by atoms with Gasteiger partial charge in [0.2, 0.25) is 0 Å². The van der Waals surface area contributed by atoms with E-state index in [0.29, 0.717) is 29.0 Å². The van der Waals surface area contributed by atoms with Crippen LogP contribution >= 0.6 is 0 Å². The molecular weight excluding hydrogens is 402 g/mol. The van der Waals surface area contributed by atoms with Gasteiger partial charge < -0.3 is 14.5 Å². The maximum absolute atomic E-state index is 12.4. The van der Waals surface area contributed by atoms with E-state index in [1.165, 1.54) is 5.56 Å². The summed E-state index contributed by atoms with van der Waals surface area (Å²) in [4.78, 5) is 19.5. The van der Waals surface area contributed by atoms with Crippen molar-refractivity contribution in [2.75, 3.05) is 7.11 Å². The second-order valence-electron chi connectivity index (χ2n) is 7.29. The van der Waals surface area contributed by atoms with Crippen molar-refractivity contribution in [1.29, 1.82) is 5.26 Å². The number of nitriles is 1. The van der Waals surface area contributed by atoms with E-state index in [2.05, 4.69) is 16.0 Å². The SMILES string of the molecule is COc1ccc(/C=C(/C#N)c2nc3ccccc3c(=O)[nH]2)cc1OCc1ccc(C)cc1. The Morgan fingerprint density at radius 3 is 2.62 bits per heavy atom. The predicted octanol–water partition coefficient (Wildman–Crippen LogP) is 4.88. The highest BCUT2D eigenvalue weighted by molar-refractivity contribution is 5.89. The predicted molar refractivity (Wildman–Crippen MR) is 124 cm³/mol. The highest BCUT2D eigenvalue weighted by atomic mass is 16.5. The van der Waals surface area contributed by atoms with E-state index in [-0.39, 0.29) is 17.0 Å². The lowest BCUT2D eigenvalue weighted by Crippen LogP contribution is -2.11. The quantitative estimate of drug-likeness (QED) is 0.447. The topological polar surface area (TPSA) is 88.0 Å². The molecule has 0 saturated carbocycles. The Kier molecular flexibility index (Phi) is 6.00. The van der Waals surface area contributed by atoms with Crippen LogP contribution in [0.1, 0.15) is 22.5 Å². The molecule has 1 aromatic heterocycles. The van der Waals surface area contributed by atoms with E-state index in [4.69, 9.17) is 9.47 Å². The number of rotatable bonds is 6. The molecule has 3 aromatic carbocycles. The van der Waals surface area contributed by atoms with Crippen LogP contribution in [0.15, 0.2) is 71.5 Å². The number of aromatic amines is 1. The Hall–Kier alpha value is -4.37. The van der Waals surface area contributed by atoms with Crippen molar-refractivity contribution in [3.63, 3.8) is 0 Å². The molecule has 1 heterocycles. The molecule has 0 spiro atoms. The van der Waals surface area contributed by atoms with E-state index in [1.807, 2.05) is 37.3 Å². The van der Waals surface area contributed by atoms with Crippen molar-refractivity contribution < 1.29 is 9.47 Å². The van der Waals surface area contributed by atoms with Crippen molar-refractivity contribution in [1.82, 2.24) is 9.97 Å². The standard InChI is InChI=1S/C26H21N3O3/c1-17-7-9-18(10-8-17)16-32-24-14-19(11-12-23(24)31-2)13-20(15-27)25-28-22-6-4-3-5-21(22)26(30)29-25/h3-14H,16H2,1-2H3,(H,28,29,30)/b20-13-. The first-order valence-electron chi connectivity index (χ1n) is 10.0. The van der Waals surface area contributed by atoms with Crippen LogP contribution in [0.3, 0.4) is 0 Å². The van der Waals surface area contributed by atoms with Crippen LogP contribution in [0.5, 0.6) is 11.5 Å². The van der Waals surface area contributed by atoms with Crippen LogP contribution in [0.2, 0.25) is 0 Å². The summed E-state index contributed by atoms with van der Waals surface area (Å²) in [5.41, 5.74) is 3.42. The summed E-state index contributed by atoms with van der Waals surface area (Å²) >= 11 is 0. The van der Waals surface area contributed by atoms with E-state index in [0.717, 1.165) is 11.1 Å². The van der Waals surface area contributed by atoms with Gasteiger partial charge in [0.15, 0.2) is 17.3 Å². The van der Waals surface area contributed by atoms with Gasteiger partial charge in [0.1, 0.15) is 12.7 Å². The minimum atomic E-state index is -0.288. The number of ether oxygens (including phenoxy) is 2. The van der Waals surface area contributed by atoms with E-state index in [1.54, 1.807) is 49.6 Å². The molecule has 0 unspecified atom stereocenters. The fourth-order valence-electron chi connectivity index (χ4n) is 3.28. The third-order valence-corrected chi connectivity index (χ3v) is 5.00. The summed E-state index contributed by atoms with van der Waals surface area (Å²) in [7, 11) is 1.58. The summed E-state index contributed by atoms with van der Waals surface area (Å²) in [5, 5.41) is 10.2. The summed E-state index contributed by atoms with van der Waals surface area (Å²) in [5.74, 6) is 1.36. The van der Waals surface area contributed by atoms with Gasteiger partial charge in [0.05, 0.1) is 23.6 Å². The van der Waals surface area contributed by atoms with Crippen LogP contribution in [0, 0.1) is 18.3 Å². The first-order chi connectivity index (χ1) is 15.6. The Morgan fingerprint density at radius 2 is 1.88 bits per heavy atom. The molecule has 0 bridgehead atoms. The monoisotopic (exact) mass is 423 g/mol. The molecule has 0 atom stereocenters. The number of nitrogens with zero attached hydrogens (tertiary/aromatic N) is 2. The van der Waals surface area contributed by atoms with Crippen molar-refractivity contribution in [2.24, 2.45) is 0 Å². The molecule has 4 rings (SSSR count). The molecule has 0 fully saturated rings. The van der Waals surface area contributed by atoms with Crippen molar-refractivity contribution in [3.05, 3.63) is 99.6 Å². The third kappa shape index (κ3) is 4.52. The molecule has 0 aliphatic carbocycles. The first-order valence-corrected chi connectivity index (χ1v) is 10.0. The number of para-hydroxylation sites is 1. The number of nitrogens with one attached hydrogen (secondary N) is 1. The fourth-order valence-corrected chi connectivity index (χ4v) is 3.28. The second-order valence-corrected chi connectivity index (χ2v) is 7.29. The number of benzene rings is 3. The zero-order chi connectivity index (χ0) is 22.5. The molecule has 158 valence electrons. The number of hydrogen-bond donors (Lipinski definition) is 1. The molecular formula is C26H21N3O3. The van der Waals surface area contributed by atoms with Crippen molar-refractivity contribution >= 4 is 22.6 Å². The lowest BCUT2D eigenvalue weighted by molar-refractivity contribution is 0.284. The molecule has 0 saturated heterocycles. The Bertz CT molecular complexity index is 1400. The number of methoxy groups -OCH3 is 1. The molecule has 0 amide bonds. The first kappa shape index (κ1) is 20.9. The Balaban J connectivity index is 1.66. The van der Waals surface area contributed by atoms with Gasteiger partial charge in [-0.15, -0.1) is 0 Å². The molecule has 6 nitrogen and oxygen atoms in total. The Morgan fingerprint density at radius 1 is 1.09 bits per heavy atom. The molecule has 0 aliphatic rings. The van der Waals surface area contributed by atoms with Gasteiger partial charge in [-0.05, 0) is 48.4 Å². The average Bonchev–Trinajstić information content (AvgIpc) is 2.82. The van der Waals surface area contributed by atoms with Crippen molar-refractivity contribution in [2.45, 2.75) is 13.5 Å². The lowest BCUT2D eigenvalue weighted by Gasteiger charge is -2.12. The molecule has 0 radical (unpaired) electrons. The number of hydrogen-bond acceptors (Lipinski definition) is 5. The number of allylic oxidation sites excluding steroid dienone is 1. The van der Waals surface area contributed by atoms with E-state index >= 15 is 0 Å². The van der Waals surface area contributed by atoms with Gasteiger partial charge in [-0.25, -0.2) is 4.98 Å². The molecule has 4 aromatic rings. The summed E-state index contributed by atoms with van der Waals surface area (Å²) in [6, 6.07) is 22.6. The van der Waals surface area contributed by atoms with Gasteiger partial charge in [-0.1, -0.05) is 48.0 Å². The van der Waals surface area contributed by atoms with E-state index < -0.39 is 0 Å². The highest BCUT2D eigenvalue weighted by Crippen LogP contribution is 2.30. The minimum absolute atomic E-state index is 0.217. The summed E-state index contributed by atoms with van der Waals surface area (Å²) < 4.78 is 11.4. The van der Waals surface area contributed by atoms with Gasteiger partial charge in [-0.3, -0.25) is 4.79 Å². The maximum atomic E-state index is 12.4. The summed E-state index contributed by atoms with van der Waals surface area (Å²) in [6.07, 6.45) is 1.66. The number of aromatic nitrogens is 2. The third-order valence-electron chi connectivity index (χ3n) is 5.00. The molecule has 6 heteroatoms. The second kappa shape index (κ2) is 9.19. The molecule has 0 aliphatic heterocycles. The normalized spacial score (nSPS) is 11.2. The van der Waals surface area contributed by atoms with Crippen LogP contribution in [-0.2, 0) is 6.61 Å². The minimum Gasteiger partial charge on any atom is -0.493 e. The average molecular weight is 423 g/mol. The number of fused-ring (bicyclic) bond motifs is 1. The van der Waals surface area contributed by atoms with Crippen molar-refractivity contribution in [3.8, 4) is 17.6 Å². The van der Waals surface area contributed by atoms with Crippen LogP contribution in [0.4, 0.5) is 0 Å². The van der Waals surface area contributed by atoms with Crippen LogP contribution in [-0.4, -0.2) is 17.1 Å². The zero-order valence-electron chi connectivity index (χ0n) is 17.8. The lowest BCUT2D eigenvalue weighted by atomic mass is 10.1. The number of aryl methyl sites for hydroxylation is 1. The van der Waals surface area contributed by atoms with E-state index in [9.17, 15) is 10.1 Å². The van der Waals surface area contributed by atoms with Crippen LogP contribution in [0.25, 0.3) is 22.6 Å². The van der Waals surface area contributed by atoms with Gasteiger partial charge in [0, 0.05) is 0 Å². The maximum Gasteiger partial charge on any atom is 0.259 e. The fraction of sp³-hybridized carbons (Fsp3) is 0.115. The molecule has 32 heavy (non-hydrogen) atoms. The molecule has 1 N–H and O–H groups in total. The van der Waals surface area contributed by atoms with Gasteiger partial charge in [-0.2, -0.15) is 5.26 Å². The summed E-state index contributed by atoms with van der Waals surface area (Å²) in [6.45, 7) is 2.42.